The fourth-order valence-corrected chi connectivity index (χ4v) is 0. The molecule has 0 unspecified atom stereocenters. The van der Waals surface area contributed by atoms with Gasteiger partial charge in [0.15, 0.2) is 0 Å². The van der Waals surface area contributed by atoms with Crippen molar-refractivity contribution in [2.45, 2.75) is 0 Å². The van der Waals surface area contributed by atoms with Gasteiger partial charge in [-0.3, -0.25) is 0 Å². The van der Waals surface area contributed by atoms with Crippen LogP contribution in [0.4, 0.5) is 0 Å². The van der Waals surface area contributed by atoms with E-state index in [0.717, 1.165) is 0 Å². The second-order valence-corrected chi connectivity index (χ2v) is 0. The molecule has 0 rings (SSSR count). The molecule has 0 atom stereocenters. The quantitative estimate of drug-likeness (QED) is 0.290. The van der Waals surface area contributed by atoms with Gasteiger partial charge in [0.25, 0.3) is 0 Å². The third-order valence-electron chi connectivity index (χ3n) is 0. The average molecular weight is 110 g/mol. The summed E-state index contributed by atoms with van der Waals surface area (Å²) in [5.41, 5.74) is 0. The number of rotatable bonds is 0. The van der Waals surface area contributed by atoms with Crippen molar-refractivity contribution < 1.29 is 36.5 Å². The first-order chi connectivity index (χ1) is 0. The first-order valence-electron chi connectivity index (χ1n) is 0. The summed E-state index contributed by atoms with van der Waals surface area (Å²) in [6.45, 7) is 0. The minimum atomic E-state index is 0. The predicted octanol–water partition coefficient (Wildman–Crippen LogP) is -3.48. The van der Waals surface area contributed by atoms with Crippen molar-refractivity contribution >= 4 is 27.0 Å². The monoisotopic (exact) mass is 110 g/mol. The molecule has 0 saturated carbocycles. The molecule has 4 heavy (non-hydrogen) atoms. The van der Waals surface area contributed by atoms with Gasteiger partial charge in [0.05, 0.1) is 0 Å². The van der Waals surface area contributed by atoms with E-state index in [9.17, 15) is 0 Å². The SMILES string of the molecule is O.S.S.[H-].[Na+]. The summed E-state index contributed by atoms with van der Waals surface area (Å²) in [6, 6.07) is 0. The molecule has 26 valence electrons. The van der Waals surface area contributed by atoms with Crippen molar-refractivity contribution in [2.24, 2.45) is 0 Å². The van der Waals surface area contributed by atoms with Crippen molar-refractivity contribution in [1.82, 2.24) is 0 Å². The second kappa shape index (κ2) is 22.7. The Morgan fingerprint density at radius 2 is 1.00 bits per heavy atom. The fraction of sp³-hybridized carbons (Fsp3) is 0. The molecule has 0 fully saturated rings. The Labute approximate surface area is 63.1 Å². The van der Waals surface area contributed by atoms with E-state index in [-0.39, 0.29) is 63.5 Å². The maximum atomic E-state index is 0. The number of hydrogen-bond acceptors (Lipinski definition) is 0. The Morgan fingerprint density at radius 1 is 1.00 bits per heavy atom. The third-order valence-corrected chi connectivity index (χ3v) is 0. The van der Waals surface area contributed by atoms with Crippen molar-refractivity contribution in [3.63, 3.8) is 0 Å². The van der Waals surface area contributed by atoms with E-state index < -0.39 is 0 Å². The van der Waals surface area contributed by atoms with Crippen LogP contribution in [-0.4, -0.2) is 5.48 Å². The minimum absolute atomic E-state index is 0. The van der Waals surface area contributed by atoms with E-state index in [4.69, 9.17) is 0 Å². The Kier molecular flexibility index (Phi) is 253. The molecular weight excluding hydrogens is 103 g/mol. The smallest absolute Gasteiger partial charge is 1.00 e. The van der Waals surface area contributed by atoms with E-state index >= 15 is 0 Å². The Hall–Kier alpha value is 1.66. The molecule has 0 aliphatic heterocycles. The molecule has 0 heterocycles. The van der Waals surface area contributed by atoms with Gasteiger partial charge in [0, 0.05) is 0 Å². The molecule has 0 spiro atoms. The minimum Gasteiger partial charge on any atom is -1.00 e. The van der Waals surface area contributed by atoms with E-state index in [0.29, 0.717) is 0 Å². The summed E-state index contributed by atoms with van der Waals surface area (Å²) in [4.78, 5) is 0. The normalized spacial score (nSPS) is 0. The fourth-order valence-electron chi connectivity index (χ4n) is 0. The van der Waals surface area contributed by atoms with E-state index in [1.807, 2.05) is 0 Å². The average Bonchev–Trinajstić information content (AvgIpc) is 0. The van der Waals surface area contributed by atoms with Crippen LogP contribution in [0.3, 0.4) is 0 Å². The van der Waals surface area contributed by atoms with Crippen LogP contribution in [0.5, 0.6) is 0 Å². The van der Waals surface area contributed by atoms with Crippen LogP contribution in [-0.2, 0) is 0 Å². The standard InChI is InChI=1S/Na.H2O.2H2S.H/h;3*1H2;/q+1;;;;-1. The summed E-state index contributed by atoms with van der Waals surface area (Å²) in [6.07, 6.45) is 0. The van der Waals surface area contributed by atoms with Gasteiger partial charge in [-0.15, -0.1) is 0 Å². The molecule has 0 bridgehead atoms. The molecule has 0 radical (unpaired) electrons. The first kappa shape index (κ1) is 44.6. The van der Waals surface area contributed by atoms with E-state index in [1.54, 1.807) is 0 Å². The van der Waals surface area contributed by atoms with Gasteiger partial charge in [-0.25, -0.2) is 0 Å². The Morgan fingerprint density at radius 3 is 1.00 bits per heavy atom. The summed E-state index contributed by atoms with van der Waals surface area (Å²) in [5.74, 6) is 0. The van der Waals surface area contributed by atoms with Crippen molar-refractivity contribution in [1.29, 1.82) is 0 Å². The van der Waals surface area contributed by atoms with Gasteiger partial charge in [0.2, 0.25) is 0 Å². The van der Waals surface area contributed by atoms with Gasteiger partial charge in [-0.1, -0.05) is 0 Å². The maximum absolute atomic E-state index is 0. The largest absolute Gasteiger partial charge is 1.00 e. The predicted molar refractivity (Wildman–Crippen MR) is 25.5 cm³/mol. The molecule has 0 amide bonds. The van der Waals surface area contributed by atoms with Gasteiger partial charge < -0.3 is 6.90 Å². The molecule has 2 N–H and O–H groups in total. The molecule has 0 aromatic carbocycles. The van der Waals surface area contributed by atoms with Crippen LogP contribution in [0.1, 0.15) is 1.43 Å². The zero-order valence-corrected chi connectivity index (χ0v) is 6.50. The van der Waals surface area contributed by atoms with Crippen molar-refractivity contribution in [3.8, 4) is 0 Å². The molecule has 0 aliphatic rings. The Bertz CT molecular complexity index is 9.61. The van der Waals surface area contributed by atoms with Gasteiger partial charge in [-0.2, -0.15) is 27.0 Å². The summed E-state index contributed by atoms with van der Waals surface area (Å²) in [5, 5.41) is 0. The molecule has 0 saturated heterocycles. The summed E-state index contributed by atoms with van der Waals surface area (Å²) in [7, 11) is 0. The first-order valence-corrected chi connectivity index (χ1v) is 0. The van der Waals surface area contributed by atoms with Crippen molar-refractivity contribution in [3.05, 3.63) is 0 Å². The van der Waals surface area contributed by atoms with E-state index in [2.05, 4.69) is 0 Å². The molecule has 0 aliphatic carbocycles. The van der Waals surface area contributed by atoms with Crippen LogP contribution < -0.4 is 29.6 Å². The second-order valence-electron chi connectivity index (χ2n) is 0. The van der Waals surface area contributed by atoms with Crippen LogP contribution >= 0.6 is 27.0 Å². The third kappa shape index (κ3) is 9.40. The van der Waals surface area contributed by atoms with Gasteiger partial charge >= 0.3 is 29.6 Å². The Balaban J connectivity index is 0. The summed E-state index contributed by atoms with van der Waals surface area (Å²) >= 11 is 0. The van der Waals surface area contributed by atoms with E-state index in [1.165, 1.54) is 0 Å². The van der Waals surface area contributed by atoms with Gasteiger partial charge in [0.1, 0.15) is 0 Å². The zero-order chi connectivity index (χ0) is 0. The van der Waals surface area contributed by atoms with Crippen LogP contribution in [0.25, 0.3) is 0 Å². The van der Waals surface area contributed by atoms with Crippen LogP contribution in [0.15, 0.2) is 0 Å². The molecule has 0 aromatic rings. The zero-order valence-electron chi connectivity index (χ0n) is 3.50. The molecule has 4 heteroatoms. The molecule has 1 nitrogen and oxygen atoms in total. The topological polar surface area (TPSA) is 31.5 Å². The van der Waals surface area contributed by atoms with Crippen molar-refractivity contribution in [2.75, 3.05) is 0 Å². The summed E-state index contributed by atoms with van der Waals surface area (Å²) < 4.78 is 0. The molecular formula is H7NaOS2. The van der Waals surface area contributed by atoms with Crippen LogP contribution in [0, 0.1) is 0 Å². The van der Waals surface area contributed by atoms with Gasteiger partial charge in [-0.05, 0) is 0 Å². The van der Waals surface area contributed by atoms with Crippen LogP contribution in [0.2, 0.25) is 0 Å². The molecule has 0 aromatic heterocycles. The maximum Gasteiger partial charge on any atom is 1.00 e. The number of hydrogen-bond donors (Lipinski definition) is 0.